The minimum Gasteiger partial charge on any atom is -0.370 e. The second-order valence-electron chi connectivity index (χ2n) is 7.11. The van der Waals surface area contributed by atoms with Crippen molar-refractivity contribution in [3.05, 3.63) is 58.8 Å². The number of nitrogens with zero attached hydrogens (tertiary/aromatic N) is 4. The Kier molecular flexibility index (Phi) is 5.28. The molecule has 28 heavy (non-hydrogen) atoms. The van der Waals surface area contributed by atoms with Crippen molar-refractivity contribution in [3.8, 4) is 11.5 Å². The van der Waals surface area contributed by atoms with Crippen LogP contribution in [-0.4, -0.2) is 40.2 Å². The number of halogens is 2. The maximum Gasteiger partial charge on any atom is 0.258 e. The van der Waals surface area contributed by atoms with E-state index in [2.05, 4.69) is 32.4 Å². The summed E-state index contributed by atoms with van der Waals surface area (Å²) in [7, 11) is 2.06. The molecule has 3 aromatic rings. The number of hydrogen-bond acceptors (Lipinski definition) is 6. The molecule has 1 aliphatic rings. The molecule has 2 atom stereocenters. The summed E-state index contributed by atoms with van der Waals surface area (Å²) in [4.78, 5) is 10.9. The Morgan fingerprint density at radius 3 is 2.93 bits per heavy atom. The Balaban J connectivity index is 1.48. The van der Waals surface area contributed by atoms with E-state index in [4.69, 9.17) is 16.1 Å². The second kappa shape index (κ2) is 7.85. The predicted molar refractivity (Wildman–Crippen MR) is 106 cm³/mol. The Morgan fingerprint density at radius 2 is 2.18 bits per heavy atom. The third-order valence-corrected chi connectivity index (χ3v) is 5.45. The van der Waals surface area contributed by atoms with Gasteiger partial charge in [-0.25, -0.2) is 9.37 Å². The summed E-state index contributed by atoms with van der Waals surface area (Å²) in [6, 6.07) is 8.92. The molecule has 0 saturated carbocycles. The average Bonchev–Trinajstić information content (AvgIpc) is 3.28. The number of rotatable bonds is 5. The lowest BCUT2D eigenvalue weighted by molar-refractivity contribution is 0.281. The summed E-state index contributed by atoms with van der Waals surface area (Å²) in [5.41, 5.74) is 1.76. The molecule has 0 radical (unpaired) electrons. The number of aromatic nitrogens is 3. The Morgan fingerprint density at radius 1 is 1.32 bits per heavy atom. The summed E-state index contributed by atoms with van der Waals surface area (Å²) in [6.45, 7) is 3.46. The van der Waals surface area contributed by atoms with Crippen LogP contribution in [0.2, 0.25) is 5.02 Å². The van der Waals surface area contributed by atoms with E-state index in [1.54, 1.807) is 25.3 Å². The Labute approximate surface area is 167 Å². The maximum absolute atomic E-state index is 13.9. The van der Waals surface area contributed by atoms with Gasteiger partial charge in [-0.2, -0.15) is 4.98 Å². The molecule has 1 aromatic carbocycles. The number of benzene rings is 1. The highest BCUT2D eigenvalue weighted by molar-refractivity contribution is 6.30. The monoisotopic (exact) mass is 401 g/mol. The third kappa shape index (κ3) is 3.86. The number of nitrogens with one attached hydrogen (secondary N) is 1. The van der Waals surface area contributed by atoms with Gasteiger partial charge in [-0.15, -0.1) is 0 Å². The first-order valence-electron chi connectivity index (χ1n) is 9.17. The Hall–Kier alpha value is -2.51. The summed E-state index contributed by atoms with van der Waals surface area (Å²) in [6.07, 6.45) is 2.73. The zero-order valence-corrected chi connectivity index (χ0v) is 16.4. The molecule has 146 valence electrons. The van der Waals surface area contributed by atoms with Gasteiger partial charge >= 0.3 is 0 Å². The number of aryl methyl sites for hydroxylation is 1. The SMILES string of the molecule is Cc1noc(-c2ccnc(NCC3CCN(C)C3c3ccc(Cl)c(F)c3)c2)n1. The lowest BCUT2D eigenvalue weighted by Crippen LogP contribution is -2.25. The van der Waals surface area contributed by atoms with Crippen molar-refractivity contribution in [1.29, 1.82) is 0 Å². The minimum absolute atomic E-state index is 0.126. The molecule has 2 aromatic heterocycles. The van der Waals surface area contributed by atoms with Crippen molar-refractivity contribution in [2.75, 3.05) is 25.5 Å². The van der Waals surface area contributed by atoms with Gasteiger partial charge in [0, 0.05) is 24.3 Å². The van der Waals surface area contributed by atoms with Crippen LogP contribution < -0.4 is 5.32 Å². The summed E-state index contributed by atoms with van der Waals surface area (Å²) >= 11 is 5.84. The topological polar surface area (TPSA) is 67.1 Å². The summed E-state index contributed by atoms with van der Waals surface area (Å²) < 4.78 is 19.2. The zero-order valence-electron chi connectivity index (χ0n) is 15.7. The van der Waals surface area contributed by atoms with E-state index >= 15 is 0 Å². The molecule has 2 unspecified atom stereocenters. The molecule has 1 saturated heterocycles. The number of pyridine rings is 1. The smallest absolute Gasteiger partial charge is 0.258 e. The normalized spacial score (nSPS) is 19.9. The molecule has 0 spiro atoms. The van der Waals surface area contributed by atoms with Crippen LogP contribution in [0.1, 0.15) is 23.9 Å². The molecule has 1 fully saturated rings. The van der Waals surface area contributed by atoms with E-state index in [-0.39, 0.29) is 16.9 Å². The first-order valence-corrected chi connectivity index (χ1v) is 9.55. The van der Waals surface area contributed by atoms with Gasteiger partial charge in [0.15, 0.2) is 5.82 Å². The minimum atomic E-state index is -0.379. The van der Waals surface area contributed by atoms with Gasteiger partial charge in [0.1, 0.15) is 11.6 Å². The van der Waals surface area contributed by atoms with Crippen molar-refractivity contribution in [2.45, 2.75) is 19.4 Å². The van der Waals surface area contributed by atoms with Gasteiger partial charge in [-0.3, -0.25) is 4.90 Å². The molecule has 4 rings (SSSR count). The Bertz CT molecular complexity index is 979. The highest BCUT2D eigenvalue weighted by Gasteiger charge is 2.33. The molecular weight excluding hydrogens is 381 g/mol. The molecule has 1 N–H and O–H groups in total. The first kappa shape index (κ1) is 18.8. The van der Waals surface area contributed by atoms with E-state index < -0.39 is 0 Å². The van der Waals surface area contributed by atoms with Gasteiger partial charge in [-0.05, 0) is 62.7 Å². The van der Waals surface area contributed by atoms with Crippen LogP contribution >= 0.6 is 11.6 Å². The van der Waals surface area contributed by atoms with Crippen LogP contribution in [0, 0.1) is 18.7 Å². The van der Waals surface area contributed by atoms with Crippen molar-refractivity contribution in [1.82, 2.24) is 20.0 Å². The quantitative estimate of drug-likeness (QED) is 0.686. The van der Waals surface area contributed by atoms with Crippen molar-refractivity contribution < 1.29 is 8.91 Å². The van der Waals surface area contributed by atoms with Crippen molar-refractivity contribution in [2.24, 2.45) is 5.92 Å². The summed E-state index contributed by atoms with van der Waals surface area (Å²) in [5, 5.41) is 7.38. The van der Waals surface area contributed by atoms with Crippen LogP contribution in [0.15, 0.2) is 41.1 Å². The largest absolute Gasteiger partial charge is 0.370 e. The molecule has 3 heterocycles. The molecule has 0 aliphatic carbocycles. The number of likely N-dealkylation sites (tertiary alicyclic amines) is 1. The van der Waals surface area contributed by atoms with Crippen LogP contribution in [0.25, 0.3) is 11.5 Å². The third-order valence-electron chi connectivity index (χ3n) is 5.14. The van der Waals surface area contributed by atoms with Crippen LogP contribution in [0.5, 0.6) is 0 Å². The first-order chi connectivity index (χ1) is 13.5. The van der Waals surface area contributed by atoms with E-state index in [1.807, 2.05) is 18.2 Å². The van der Waals surface area contributed by atoms with Crippen molar-refractivity contribution >= 4 is 17.4 Å². The van der Waals surface area contributed by atoms with Gasteiger partial charge in [0.05, 0.1) is 5.02 Å². The van der Waals surface area contributed by atoms with Crippen LogP contribution in [-0.2, 0) is 0 Å². The van der Waals surface area contributed by atoms with Crippen LogP contribution in [0.3, 0.4) is 0 Å². The highest BCUT2D eigenvalue weighted by atomic mass is 35.5. The molecule has 1 aliphatic heterocycles. The van der Waals surface area contributed by atoms with Gasteiger partial charge in [0.25, 0.3) is 5.89 Å². The second-order valence-corrected chi connectivity index (χ2v) is 7.51. The lowest BCUT2D eigenvalue weighted by atomic mass is 9.93. The summed E-state index contributed by atoms with van der Waals surface area (Å²) in [5.74, 6) is 1.74. The molecular formula is C20H21ClFN5O. The van der Waals surface area contributed by atoms with E-state index in [0.717, 1.165) is 36.5 Å². The lowest BCUT2D eigenvalue weighted by Gasteiger charge is -2.26. The average molecular weight is 402 g/mol. The fraction of sp³-hybridized carbons (Fsp3) is 0.350. The number of anilines is 1. The van der Waals surface area contributed by atoms with E-state index in [0.29, 0.717) is 17.6 Å². The van der Waals surface area contributed by atoms with Crippen LogP contribution in [0.4, 0.5) is 10.2 Å². The maximum atomic E-state index is 13.9. The fourth-order valence-corrected chi connectivity index (χ4v) is 3.89. The van der Waals surface area contributed by atoms with E-state index in [9.17, 15) is 4.39 Å². The fourth-order valence-electron chi connectivity index (χ4n) is 3.77. The molecule has 8 heteroatoms. The molecule has 0 bridgehead atoms. The van der Waals surface area contributed by atoms with Gasteiger partial charge in [-0.1, -0.05) is 22.8 Å². The zero-order chi connectivity index (χ0) is 19.7. The predicted octanol–water partition coefficient (Wildman–Crippen LogP) is 4.34. The van der Waals surface area contributed by atoms with Crippen molar-refractivity contribution in [3.63, 3.8) is 0 Å². The molecule has 0 amide bonds. The van der Waals surface area contributed by atoms with Gasteiger partial charge in [0.2, 0.25) is 0 Å². The number of hydrogen-bond donors (Lipinski definition) is 1. The standard InChI is InChI=1S/C20H21ClFN5O/c1-12-25-20(28-26-12)14-5-7-23-18(10-14)24-11-15-6-8-27(2)19(15)13-3-4-16(21)17(22)9-13/h3-5,7,9-10,15,19H,6,8,11H2,1-2H3,(H,23,24). The van der Waals surface area contributed by atoms with E-state index in [1.165, 1.54) is 0 Å². The molecule has 6 nitrogen and oxygen atoms in total. The highest BCUT2D eigenvalue weighted by Crippen LogP contribution is 2.37. The van der Waals surface area contributed by atoms with Gasteiger partial charge < -0.3 is 9.84 Å².